The van der Waals surface area contributed by atoms with Crippen LogP contribution in [0.15, 0.2) is 42.5 Å². The lowest BCUT2D eigenvalue weighted by molar-refractivity contribution is -0.277. The van der Waals surface area contributed by atoms with Crippen molar-refractivity contribution in [3.63, 3.8) is 0 Å². The predicted molar refractivity (Wildman–Crippen MR) is 78.3 cm³/mol. The number of aliphatic hydroxyl groups excluding tert-OH is 4. The number of fused-ring (bicyclic) bond motifs is 1. The van der Waals surface area contributed by atoms with Gasteiger partial charge in [0.2, 0.25) is 6.29 Å². The quantitative estimate of drug-likeness (QED) is 0.638. The summed E-state index contributed by atoms with van der Waals surface area (Å²) in [6.45, 7) is -0.484. The molecule has 6 nitrogen and oxygen atoms in total. The topological polar surface area (TPSA) is 99.4 Å². The van der Waals surface area contributed by atoms with E-state index in [1.165, 1.54) is 0 Å². The molecule has 1 heterocycles. The van der Waals surface area contributed by atoms with Crippen molar-refractivity contribution in [1.82, 2.24) is 0 Å². The summed E-state index contributed by atoms with van der Waals surface area (Å²) in [6.07, 6.45) is -6.40. The second kappa shape index (κ2) is 6.20. The van der Waals surface area contributed by atoms with Gasteiger partial charge in [-0.2, -0.15) is 0 Å². The molecule has 0 saturated carbocycles. The van der Waals surface area contributed by atoms with Gasteiger partial charge in [0.15, 0.2) is 0 Å². The summed E-state index contributed by atoms with van der Waals surface area (Å²) in [6, 6.07) is 13.1. The SMILES string of the molecule is OC[C@H]1O[C@H](Oc2ccc3ccccc3c2)[C@@H](O)[C@@H](O)[C@@H]1O. The highest BCUT2D eigenvalue weighted by molar-refractivity contribution is 5.83. The van der Waals surface area contributed by atoms with Gasteiger partial charge in [-0.25, -0.2) is 0 Å². The van der Waals surface area contributed by atoms with Crippen molar-refractivity contribution in [3.8, 4) is 5.75 Å². The van der Waals surface area contributed by atoms with Crippen LogP contribution in [0.4, 0.5) is 0 Å². The van der Waals surface area contributed by atoms with Gasteiger partial charge in [-0.15, -0.1) is 0 Å². The van der Waals surface area contributed by atoms with Crippen LogP contribution in [-0.4, -0.2) is 57.7 Å². The van der Waals surface area contributed by atoms with Gasteiger partial charge in [0.1, 0.15) is 30.2 Å². The van der Waals surface area contributed by atoms with Gasteiger partial charge in [0.05, 0.1) is 6.61 Å². The molecule has 5 atom stereocenters. The molecule has 22 heavy (non-hydrogen) atoms. The molecule has 1 aliphatic rings. The fourth-order valence-electron chi connectivity index (χ4n) is 2.54. The lowest BCUT2D eigenvalue weighted by Crippen LogP contribution is -2.60. The first-order chi connectivity index (χ1) is 10.6. The van der Waals surface area contributed by atoms with Crippen molar-refractivity contribution in [2.45, 2.75) is 30.7 Å². The van der Waals surface area contributed by atoms with Gasteiger partial charge in [0.25, 0.3) is 0 Å². The van der Waals surface area contributed by atoms with Crippen molar-refractivity contribution < 1.29 is 29.9 Å². The average Bonchev–Trinajstić information content (AvgIpc) is 2.55. The highest BCUT2D eigenvalue weighted by Crippen LogP contribution is 2.26. The molecule has 0 aromatic heterocycles. The number of hydrogen-bond donors (Lipinski definition) is 4. The predicted octanol–water partition coefficient (Wildman–Crippen LogP) is 0.0185. The Morgan fingerprint density at radius 2 is 1.64 bits per heavy atom. The lowest BCUT2D eigenvalue weighted by Gasteiger charge is -2.39. The molecule has 2 aromatic rings. The Morgan fingerprint density at radius 1 is 0.909 bits per heavy atom. The molecular formula is C16H18O6. The molecule has 0 spiro atoms. The monoisotopic (exact) mass is 306 g/mol. The smallest absolute Gasteiger partial charge is 0.229 e. The van der Waals surface area contributed by atoms with E-state index in [4.69, 9.17) is 14.6 Å². The van der Waals surface area contributed by atoms with E-state index in [-0.39, 0.29) is 0 Å². The Balaban J connectivity index is 1.80. The van der Waals surface area contributed by atoms with E-state index in [1.807, 2.05) is 30.3 Å². The number of aliphatic hydroxyl groups is 4. The van der Waals surface area contributed by atoms with Crippen molar-refractivity contribution in [3.05, 3.63) is 42.5 Å². The Morgan fingerprint density at radius 3 is 2.36 bits per heavy atom. The Hall–Kier alpha value is -1.70. The summed E-state index contributed by atoms with van der Waals surface area (Å²) in [4.78, 5) is 0. The molecule has 1 fully saturated rings. The lowest BCUT2D eigenvalue weighted by atomic mass is 9.99. The van der Waals surface area contributed by atoms with Crippen molar-refractivity contribution in [2.75, 3.05) is 6.61 Å². The van der Waals surface area contributed by atoms with Crippen LogP contribution in [0.2, 0.25) is 0 Å². The average molecular weight is 306 g/mol. The zero-order valence-corrected chi connectivity index (χ0v) is 11.7. The zero-order chi connectivity index (χ0) is 15.7. The van der Waals surface area contributed by atoms with Gasteiger partial charge in [-0.05, 0) is 22.9 Å². The van der Waals surface area contributed by atoms with Crippen LogP contribution < -0.4 is 4.74 Å². The summed E-state index contributed by atoms with van der Waals surface area (Å²) in [5.74, 6) is 0.461. The summed E-state index contributed by atoms with van der Waals surface area (Å²) < 4.78 is 10.9. The molecule has 4 N–H and O–H groups in total. The van der Waals surface area contributed by atoms with E-state index in [0.29, 0.717) is 5.75 Å². The Kier molecular flexibility index (Phi) is 4.28. The van der Waals surface area contributed by atoms with Crippen LogP contribution in [0.3, 0.4) is 0 Å². The van der Waals surface area contributed by atoms with Gasteiger partial charge < -0.3 is 29.9 Å². The van der Waals surface area contributed by atoms with Crippen LogP contribution in [0.25, 0.3) is 10.8 Å². The molecule has 0 bridgehead atoms. The maximum atomic E-state index is 9.95. The van der Waals surface area contributed by atoms with E-state index in [1.54, 1.807) is 12.1 Å². The number of benzene rings is 2. The van der Waals surface area contributed by atoms with Crippen molar-refractivity contribution in [2.24, 2.45) is 0 Å². The summed E-state index contributed by atoms with van der Waals surface area (Å²) in [7, 11) is 0. The Labute approximate surface area is 127 Å². The number of ether oxygens (including phenoxy) is 2. The van der Waals surface area contributed by atoms with Gasteiger partial charge in [0, 0.05) is 0 Å². The third kappa shape index (κ3) is 2.79. The van der Waals surface area contributed by atoms with Gasteiger partial charge in [-0.1, -0.05) is 30.3 Å². The van der Waals surface area contributed by atoms with Crippen LogP contribution in [0.5, 0.6) is 5.75 Å². The molecule has 1 aliphatic heterocycles. The number of hydrogen-bond acceptors (Lipinski definition) is 6. The van der Waals surface area contributed by atoms with Gasteiger partial charge in [-0.3, -0.25) is 0 Å². The third-order valence-corrected chi connectivity index (χ3v) is 3.82. The van der Waals surface area contributed by atoms with E-state index in [0.717, 1.165) is 10.8 Å². The first kappa shape index (κ1) is 15.2. The fraction of sp³-hybridized carbons (Fsp3) is 0.375. The molecule has 0 amide bonds. The minimum absolute atomic E-state index is 0.461. The molecule has 0 aliphatic carbocycles. The van der Waals surface area contributed by atoms with E-state index >= 15 is 0 Å². The molecule has 3 rings (SSSR count). The summed E-state index contributed by atoms with van der Waals surface area (Å²) >= 11 is 0. The molecule has 118 valence electrons. The molecular weight excluding hydrogens is 288 g/mol. The van der Waals surface area contributed by atoms with Crippen molar-refractivity contribution in [1.29, 1.82) is 0 Å². The molecule has 0 radical (unpaired) electrons. The molecule has 1 saturated heterocycles. The van der Waals surface area contributed by atoms with Gasteiger partial charge >= 0.3 is 0 Å². The fourth-order valence-corrected chi connectivity index (χ4v) is 2.54. The normalized spacial score (nSPS) is 32.1. The van der Waals surface area contributed by atoms with Crippen LogP contribution in [0, 0.1) is 0 Å². The van der Waals surface area contributed by atoms with Crippen LogP contribution in [0.1, 0.15) is 0 Å². The van der Waals surface area contributed by atoms with Crippen molar-refractivity contribution >= 4 is 10.8 Å². The van der Waals surface area contributed by atoms with E-state index < -0.39 is 37.3 Å². The highest BCUT2D eigenvalue weighted by atomic mass is 16.7. The van der Waals surface area contributed by atoms with E-state index in [9.17, 15) is 15.3 Å². The first-order valence-corrected chi connectivity index (χ1v) is 7.06. The minimum atomic E-state index is -1.45. The van der Waals surface area contributed by atoms with E-state index in [2.05, 4.69) is 0 Å². The summed E-state index contributed by atoms with van der Waals surface area (Å²) in [5.41, 5.74) is 0. The standard InChI is InChI=1S/C16H18O6/c17-8-12-13(18)14(19)15(20)16(22-12)21-11-6-5-9-3-1-2-4-10(9)7-11/h1-7,12-20H,8H2/t12-,13-,14+,15+,16+/m1/s1. The maximum Gasteiger partial charge on any atom is 0.229 e. The number of rotatable bonds is 3. The minimum Gasteiger partial charge on any atom is -0.462 e. The molecule has 2 aromatic carbocycles. The zero-order valence-electron chi connectivity index (χ0n) is 11.7. The highest BCUT2D eigenvalue weighted by Gasteiger charge is 2.44. The largest absolute Gasteiger partial charge is 0.462 e. The third-order valence-electron chi connectivity index (χ3n) is 3.82. The van der Waals surface area contributed by atoms with Crippen LogP contribution in [-0.2, 0) is 4.74 Å². The summed E-state index contributed by atoms with van der Waals surface area (Å²) in [5, 5.41) is 40.6. The second-order valence-corrected chi connectivity index (χ2v) is 5.32. The first-order valence-electron chi connectivity index (χ1n) is 7.06. The van der Waals surface area contributed by atoms with Crippen LogP contribution >= 0.6 is 0 Å². The maximum absolute atomic E-state index is 9.95. The second-order valence-electron chi connectivity index (χ2n) is 5.32. The molecule has 0 unspecified atom stereocenters. The molecule has 6 heteroatoms. The Bertz CT molecular complexity index is 643.